The van der Waals surface area contributed by atoms with Gasteiger partial charge in [-0.3, -0.25) is 4.79 Å². The van der Waals surface area contributed by atoms with Gasteiger partial charge >= 0.3 is 0 Å². The Morgan fingerprint density at radius 1 is 1.15 bits per heavy atom. The third kappa shape index (κ3) is 4.97. The molecule has 6 heteroatoms. The van der Waals surface area contributed by atoms with Crippen LogP contribution in [-0.4, -0.2) is 38.8 Å². The highest BCUT2D eigenvalue weighted by molar-refractivity contribution is 6.31. The second-order valence-electron chi connectivity index (χ2n) is 6.32. The summed E-state index contributed by atoms with van der Waals surface area (Å²) in [4.78, 5) is 14.5. The lowest BCUT2D eigenvalue weighted by Crippen LogP contribution is -2.36. The molecule has 0 saturated carbocycles. The fourth-order valence-electron chi connectivity index (χ4n) is 2.96. The maximum absolute atomic E-state index is 12.2. The summed E-state index contributed by atoms with van der Waals surface area (Å²) < 4.78 is 5.37. The number of halogens is 1. The summed E-state index contributed by atoms with van der Waals surface area (Å²) in [6, 6.07) is 15.6. The average molecular weight is 374 g/mol. The van der Waals surface area contributed by atoms with E-state index in [2.05, 4.69) is 15.5 Å². The molecule has 1 saturated heterocycles. The quantitative estimate of drug-likeness (QED) is 0.814. The van der Waals surface area contributed by atoms with Crippen LogP contribution in [0.2, 0.25) is 5.02 Å². The Hall–Kier alpha value is -2.08. The van der Waals surface area contributed by atoms with Crippen LogP contribution < -0.4 is 15.5 Å². The van der Waals surface area contributed by atoms with Gasteiger partial charge in [0, 0.05) is 35.5 Å². The van der Waals surface area contributed by atoms with Gasteiger partial charge in [0.25, 0.3) is 0 Å². The van der Waals surface area contributed by atoms with Gasteiger partial charge in [-0.15, -0.1) is 0 Å². The van der Waals surface area contributed by atoms with Crippen molar-refractivity contribution in [1.82, 2.24) is 5.32 Å². The van der Waals surface area contributed by atoms with E-state index in [0.29, 0.717) is 5.02 Å². The molecule has 5 nitrogen and oxygen atoms in total. The number of rotatable bonds is 6. The van der Waals surface area contributed by atoms with Gasteiger partial charge in [-0.1, -0.05) is 29.8 Å². The zero-order valence-corrected chi connectivity index (χ0v) is 15.6. The van der Waals surface area contributed by atoms with Gasteiger partial charge in [0.2, 0.25) is 5.91 Å². The van der Waals surface area contributed by atoms with E-state index < -0.39 is 0 Å². The van der Waals surface area contributed by atoms with Gasteiger partial charge in [-0.2, -0.15) is 0 Å². The van der Waals surface area contributed by atoms with Crippen LogP contribution in [0.3, 0.4) is 0 Å². The number of anilines is 2. The number of carbonyl (C=O) groups excluding carboxylic acids is 1. The molecule has 2 N–H and O–H groups in total. The molecule has 0 aromatic heterocycles. The van der Waals surface area contributed by atoms with E-state index in [-0.39, 0.29) is 18.5 Å². The molecule has 1 aliphatic heterocycles. The number of nitrogens with one attached hydrogen (secondary N) is 2. The fourth-order valence-corrected chi connectivity index (χ4v) is 3.26. The van der Waals surface area contributed by atoms with E-state index in [1.807, 2.05) is 55.5 Å². The van der Waals surface area contributed by atoms with Gasteiger partial charge in [0.1, 0.15) is 0 Å². The Morgan fingerprint density at radius 3 is 2.54 bits per heavy atom. The molecule has 138 valence electrons. The lowest BCUT2D eigenvalue weighted by atomic mass is 10.1. The van der Waals surface area contributed by atoms with E-state index >= 15 is 0 Å². The Labute approximate surface area is 159 Å². The summed E-state index contributed by atoms with van der Waals surface area (Å²) in [7, 11) is 0. The summed E-state index contributed by atoms with van der Waals surface area (Å²) >= 11 is 6.19. The first-order valence-corrected chi connectivity index (χ1v) is 9.22. The highest BCUT2D eigenvalue weighted by Gasteiger charge is 2.12. The third-order valence-corrected chi connectivity index (χ3v) is 4.81. The molecule has 0 unspecified atom stereocenters. The summed E-state index contributed by atoms with van der Waals surface area (Å²) in [5.74, 6) is -0.0805. The van der Waals surface area contributed by atoms with E-state index in [9.17, 15) is 4.79 Å². The van der Waals surface area contributed by atoms with Crippen molar-refractivity contribution in [2.45, 2.75) is 13.0 Å². The predicted molar refractivity (Wildman–Crippen MR) is 106 cm³/mol. The van der Waals surface area contributed by atoms with Crippen molar-refractivity contribution in [3.63, 3.8) is 0 Å². The molecule has 1 fully saturated rings. The Morgan fingerprint density at radius 2 is 1.85 bits per heavy atom. The lowest BCUT2D eigenvalue weighted by Gasteiger charge is -2.28. The van der Waals surface area contributed by atoms with Crippen molar-refractivity contribution in [2.75, 3.05) is 43.1 Å². The number of hydrogen-bond acceptors (Lipinski definition) is 4. The van der Waals surface area contributed by atoms with E-state index in [0.717, 1.165) is 43.2 Å². The lowest BCUT2D eigenvalue weighted by molar-refractivity contribution is -0.115. The van der Waals surface area contributed by atoms with Crippen molar-refractivity contribution >= 4 is 28.9 Å². The molecule has 0 spiro atoms. The maximum Gasteiger partial charge on any atom is 0.238 e. The van der Waals surface area contributed by atoms with Crippen molar-refractivity contribution in [3.8, 4) is 0 Å². The predicted octanol–water partition coefficient (Wildman–Crippen LogP) is 3.47. The summed E-state index contributed by atoms with van der Waals surface area (Å²) in [6.45, 7) is 5.52. The molecule has 2 aromatic rings. The highest BCUT2D eigenvalue weighted by Crippen LogP contribution is 2.22. The summed E-state index contributed by atoms with van der Waals surface area (Å²) in [5, 5.41) is 6.82. The van der Waals surface area contributed by atoms with Crippen LogP contribution in [-0.2, 0) is 9.53 Å². The van der Waals surface area contributed by atoms with Gasteiger partial charge < -0.3 is 20.3 Å². The van der Waals surface area contributed by atoms with Crippen LogP contribution in [0.15, 0.2) is 48.5 Å². The Bertz CT molecular complexity index is 730. The molecule has 1 heterocycles. The topological polar surface area (TPSA) is 53.6 Å². The third-order valence-electron chi connectivity index (χ3n) is 4.47. The standard InChI is InChI=1S/C20H24ClN3O2/c1-15(18-4-2-3-5-19(18)21)22-14-20(25)23-16-6-8-17(9-7-16)24-10-12-26-13-11-24/h2-9,15,22H,10-14H2,1H3,(H,23,25)/t15-/m1/s1. The van der Waals surface area contributed by atoms with Crippen molar-refractivity contribution in [2.24, 2.45) is 0 Å². The summed E-state index contributed by atoms with van der Waals surface area (Å²) in [5.41, 5.74) is 2.92. The molecule has 1 amide bonds. The molecule has 26 heavy (non-hydrogen) atoms. The average Bonchev–Trinajstić information content (AvgIpc) is 2.68. The zero-order chi connectivity index (χ0) is 18.4. The van der Waals surface area contributed by atoms with Crippen LogP contribution >= 0.6 is 11.6 Å². The number of nitrogens with zero attached hydrogens (tertiary/aromatic N) is 1. The monoisotopic (exact) mass is 373 g/mol. The Balaban J connectivity index is 1.49. The van der Waals surface area contributed by atoms with Gasteiger partial charge in [-0.05, 0) is 42.8 Å². The molecule has 0 aliphatic carbocycles. The number of carbonyl (C=O) groups is 1. The fraction of sp³-hybridized carbons (Fsp3) is 0.350. The number of ether oxygens (including phenoxy) is 1. The number of hydrogen-bond donors (Lipinski definition) is 2. The first-order chi connectivity index (χ1) is 12.6. The van der Waals surface area contributed by atoms with Crippen molar-refractivity contribution in [3.05, 3.63) is 59.1 Å². The largest absolute Gasteiger partial charge is 0.378 e. The first kappa shape index (κ1) is 18.7. The van der Waals surface area contributed by atoms with Crippen LogP contribution in [0, 0.1) is 0 Å². The minimum Gasteiger partial charge on any atom is -0.378 e. The normalized spacial score (nSPS) is 15.5. The highest BCUT2D eigenvalue weighted by atomic mass is 35.5. The van der Waals surface area contributed by atoms with E-state index in [1.165, 1.54) is 0 Å². The SMILES string of the molecule is C[C@@H](NCC(=O)Nc1ccc(N2CCOCC2)cc1)c1ccccc1Cl. The van der Waals surface area contributed by atoms with Crippen molar-refractivity contribution in [1.29, 1.82) is 0 Å². The number of amides is 1. The minimum atomic E-state index is -0.0805. The van der Waals surface area contributed by atoms with Gasteiger partial charge in [0.15, 0.2) is 0 Å². The van der Waals surface area contributed by atoms with E-state index in [4.69, 9.17) is 16.3 Å². The van der Waals surface area contributed by atoms with E-state index in [1.54, 1.807) is 0 Å². The molecule has 0 bridgehead atoms. The Kier molecular flexibility index (Phi) is 6.50. The number of morpholine rings is 1. The van der Waals surface area contributed by atoms with Gasteiger partial charge in [-0.25, -0.2) is 0 Å². The molecule has 3 rings (SSSR count). The summed E-state index contributed by atoms with van der Waals surface area (Å²) in [6.07, 6.45) is 0. The van der Waals surface area contributed by atoms with Crippen LogP contribution in [0.1, 0.15) is 18.5 Å². The molecule has 1 atom stereocenters. The molecule has 0 radical (unpaired) electrons. The zero-order valence-electron chi connectivity index (χ0n) is 14.9. The second-order valence-corrected chi connectivity index (χ2v) is 6.73. The molecule has 1 aliphatic rings. The molecular weight excluding hydrogens is 350 g/mol. The van der Waals surface area contributed by atoms with Crippen LogP contribution in [0.5, 0.6) is 0 Å². The van der Waals surface area contributed by atoms with Gasteiger partial charge in [0.05, 0.1) is 19.8 Å². The minimum absolute atomic E-state index is 0.00172. The maximum atomic E-state index is 12.2. The number of benzene rings is 2. The second kappa shape index (κ2) is 9.03. The van der Waals surface area contributed by atoms with Crippen LogP contribution in [0.4, 0.5) is 11.4 Å². The molecular formula is C20H24ClN3O2. The molecule has 2 aromatic carbocycles. The van der Waals surface area contributed by atoms with Crippen molar-refractivity contribution < 1.29 is 9.53 Å². The smallest absolute Gasteiger partial charge is 0.238 e. The van der Waals surface area contributed by atoms with Crippen LogP contribution in [0.25, 0.3) is 0 Å². The first-order valence-electron chi connectivity index (χ1n) is 8.84.